The number of aryl methyl sites for hydroxylation is 3. The third kappa shape index (κ3) is 15.4. The summed E-state index contributed by atoms with van der Waals surface area (Å²) in [7, 11) is 0. The molecule has 0 amide bonds. The van der Waals surface area contributed by atoms with E-state index in [9.17, 15) is 0 Å². The molecule has 12 aromatic rings. The molecule has 1 spiro atoms. The molecule has 0 N–H and O–H groups in total. The topological polar surface area (TPSA) is 37.4 Å². The molecule has 12 heteroatoms. The van der Waals surface area contributed by atoms with Gasteiger partial charge in [-0.2, -0.15) is 0 Å². The lowest BCUT2D eigenvalue weighted by atomic mass is 9.77. The fourth-order valence-corrected chi connectivity index (χ4v) is 19.8. The molecule has 4 heterocycles. The zero-order chi connectivity index (χ0) is 77.9. The number of hydrogen-bond acceptors (Lipinski definition) is 6. The van der Waals surface area contributed by atoms with Crippen LogP contribution in [-0.2, 0) is 47.8 Å². The van der Waals surface area contributed by atoms with Crippen LogP contribution in [0.1, 0.15) is 170 Å². The highest BCUT2D eigenvalue weighted by atomic mass is 79.9. The predicted molar refractivity (Wildman–Crippen MR) is 485 cm³/mol. The molecule has 1 aliphatic carbocycles. The summed E-state index contributed by atoms with van der Waals surface area (Å²) < 4.78 is 26.6. The molecule has 566 valence electrons. The van der Waals surface area contributed by atoms with Gasteiger partial charge in [0.25, 0.3) is 0 Å². The van der Waals surface area contributed by atoms with Gasteiger partial charge in [-0.25, -0.2) is 0 Å². The lowest BCUT2D eigenvalue weighted by Crippen LogP contribution is -2.31. The average Bonchev–Trinajstić information content (AvgIpc) is 1.56. The van der Waals surface area contributed by atoms with Gasteiger partial charge < -0.3 is 28.9 Å². The summed E-state index contributed by atoms with van der Waals surface area (Å²) in [6.45, 7) is 24.6. The van der Waals surface area contributed by atoms with E-state index >= 15 is 0 Å². The van der Waals surface area contributed by atoms with E-state index in [2.05, 4.69) is 441 Å². The molecule has 1 saturated heterocycles. The maximum Gasteiger partial charge on any atom is 0.0946 e. The number of ether oxygens (including phenoxy) is 3. The van der Waals surface area contributed by atoms with Gasteiger partial charge >= 0.3 is 0 Å². The Kier molecular flexibility index (Phi) is 22.7. The Balaban J connectivity index is 0.000000132. The van der Waals surface area contributed by atoms with E-state index < -0.39 is 0 Å². The Bertz CT molecular complexity index is 5260. The van der Waals surface area contributed by atoms with Crippen molar-refractivity contribution in [3.8, 4) is 33.4 Å². The summed E-state index contributed by atoms with van der Waals surface area (Å²) in [6, 6.07) is 92.3. The minimum absolute atomic E-state index is 0.0764. The lowest BCUT2D eigenvalue weighted by Gasteiger charge is -2.34. The van der Waals surface area contributed by atoms with Crippen molar-refractivity contribution < 1.29 is 14.2 Å². The monoisotopic (exact) mass is 1850 g/mol. The number of halogens is 6. The summed E-state index contributed by atoms with van der Waals surface area (Å²) in [4.78, 5) is 6.96. The number of hydrogen-bond donors (Lipinski definition) is 0. The molecule has 2 bridgehead atoms. The third-order valence-electron chi connectivity index (χ3n) is 24.2. The second kappa shape index (κ2) is 31.9. The first-order valence-electron chi connectivity index (χ1n) is 39.1. The Labute approximate surface area is 708 Å². The standard InChI is InChI=1S/C35H37Br2NO.C33H31Br2NO.C31H27Br2NO/c1-6-34(7-2)31-20-10-26(23-32(31)35(8-3,9-4)39-34)25-11-21-33(24(5)22-25)38(29-16-12-27(36)13-17-29)30-18-14-28(37)15-19-30;1-22-20-23(24-6-16-29-30(21-24)32(2,3)37-33(29)18-4-5-19-33)7-17-31(22)36(27-12-8-25(34)9-13-27)28-14-10-26(35)11-15-28;1-20-18-21(22-4-14-27-28(19-22)31(3)17-16-30(27,2)35-31)5-15-29(20)34(25-10-6-23(32)7-11-25)26-12-8-24(33)9-13-26/h10-23H,6-9H2,1-5H3;6-17,20-21H,4-5,18-19H2,1-3H3;4-15,18-19H,16-17H2,1-3H3. The van der Waals surface area contributed by atoms with Crippen LogP contribution in [0, 0.1) is 20.8 Å². The zero-order valence-corrected chi connectivity index (χ0v) is 74.7. The Morgan fingerprint density at radius 2 is 0.541 bits per heavy atom. The molecule has 2 atom stereocenters. The molecular formula is C99H95Br6N3O3. The second-order valence-electron chi connectivity index (χ2n) is 31.5. The van der Waals surface area contributed by atoms with Crippen LogP contribution < -0.4 is 14.7 Å². The van der Waals surface area contributed by atoms with Crippen molar-refractivity contribution in [3.05, 3.63) is 332 Å². The lowest BCUT2D eigenvalue weighted by molar-refractivity contribution is -0.151. The van der Waals surface area contributed by atoms with Crippen molar-refractivity contribution in [2.75, 3.05) is 14.7 Å². The molecule has 0 radical (unpaired) electrons. The quantitative estimate of drug-likeness (QED) is 0.0960. The van der Waals surface area contributed by atoms with E-state index in [4.69, 9.17) is 14.2 Å². The first-order chi connectivity index (χ1) is 53.3. The smallest absolute Gasteiger partial charge is 0.0946 e. The van der Waals surface area contributed by atoms with E-state index in [1.54, 1.807) is 0 Å². The Morgan fingerprint density at radius 3 is 0.865 bits per heavy atom. The molecule has 2 unspecified atom stereocenters. The van der Waals surface area contributed by atoms with Crippen molar-refractivity contribution in [1.82, 2.24) is 0 Å². The predicted octanol–water partition coefficient (Wildman–Crippen LogP) is 32.3. The highest BCUT2D eigenvalue weighted by Crippen LogP contribution is 2.60. The number of rotatable bonds is 16. The van der Waals surface area contributed by atoms with E-state index in [1.807, 2.05) is 0 Å². The molecule has 111 heavy (non-hydrogen) atoms. The van der Waals surface area contributed by atoms with E-state index in [0.29, 0.717) is 0 Å². The van der Waals surface area contributed by atoms with Gasteiger partial charge in [0.1, 0.15) is 0 Å². The van der Waals surface area contributed by atoms with Crippen molar-refractivity contribution >= 4 is 147 Å². The van der Waals surface area contributed by atoms with E-state index in [0.717, 1.165) is 112 Å². The van der Waals surface area contributed by atoms with Crippen LogP contribution in [0.15, 0.2) is 282 Å². The van der Waals surface area contributed by atoms with Gasteiger partial charge in [-0.3, -0.25) is 0 Å². The van der Waals surface area contributed by atoms with Crippen molar-refractivity contribution in [2.24, 2.45) is 0 Å². The summed E-state index contributed by atoms with van der Waals surface area (Å²) in [5.74, 6) is 0. The van der Waals surface area contributed by atoms with Crippen molar-refractivity contribution in [3.63, 3.8) is 0 Å². The van der Waals surface area contributed by atoms with Crippen LogP contribution in [0.3, 0.4) is 0 Å². The van der Waals surface area contributed by atoms with E-state index in [1.165, 1.54) is 113 Å². The largest absolute Gasteiger partial charge is 0.360 e. The molecular weight excluding hydrogens is 1760 g/mol. The first kappa shape index (κ1) is 79.0. The van der Waals surface area contributed by atoms with Crippen LogP contribution in [0.25, 0.3) is 33.4 Å². The average molecular weight is 1850 g/mol. The fourth-order valence-electron chi connectivity index (χ4n) is 18.2. The minimum atomic E-state index is -0.259. The van der Waals surface area contributed by atoms with E-state index in [-0.39, 0.29) is 33.6 Å². The number of nitrogens with zero attached hydrogens (tertiary/aromatic N) is 3. The Morgan fingerprint density at radius 1 is 0.270 bits per heavy atom. The zero-order valence-electron chi connectivity index (χ0n) is 65.2. The van der Waals surface area contributed by atoms with Gasteiger partial charge in [-0.15, -0.1) is 0 Å². The highest BCUT2D eigenvalue weighted by Gasteiger charge is 2.55. The normalized spacial score (nSPS) is 18.1. The number of anilines is 9. The van der Waals surface area contributed by atoms with Crippen LogP contribution >= 0.6 is 95.6 Å². The molecule has 0 aromatic heterocycles. The van der Waals surface area contributed by atoms with Gasteiger partial charge in [0.05, 0.1) is 33.6 Å². The van der Waals surface area contributed by atoms with Crippen LogP contribution in [-0.4, -0.2) is 0 Å². The molecule has 6 nitrogen and oxygen atoms in total. The van der Waals surface area contributed by atoms with Gasteiger partial charge in [-0.1, -0.05) is 191 Å². The van der Waals surface area contributed by atoms with Gasteiger partial charge in [-0.05, 0) is 383 Å². The molecule has 5 aliphatic rings. The Hall–Kier alpha value is -7.20. The highest BCUT2D eigenvalue weighted by molar-refractivity contribution is 9.11. The molecule has 17 rings (SSSR count). The number of fused-ring (bicyclic) bond motifs is 8. The first-order valence-corrected chi connectivity index (χ1v) is 43.9. The fraction of sp³-hybridized carbons (Fsp3) is 0.273. The van der Waals surface area contributed by atoms with Crippen LogP contribution in [0.4, 0.5) is 51.2 Å². The maximum absolute atomic E-state index is 6.97. The summed E-state index contributed by atoms with van der Waals surface area (Å²) in [5, 5.41) is 0. The number of benzene rings is 12. The minimum Gasteiger partial charge on any atom is -0.360 e. The van der Waals surface area contributed by atoms with Gasteiger partial charge in [0.15, 0.2) is 0 Å². The molecule has 1 saturated carbocycles. The summed E-state index contributed by atoms with van der Waals surface area (Å²) in [6.07, 6.45) is 10.9. The van der Waals surface area contributed by atoms with Crippen molar-refractivity contribution in [1.29, 1.82) is 0 Å². The van der Waals surface area contributed by atoms with Crippen LogP contribution in [0.2, 0.25) is 0 Å². The van der Waals surface area contributed by atoms with Crippen LogP contribution in [0.5, 0.6) is 0 Å². The molecule has 12 aromatic carbocycles. The third-order valence-corrected chi connectivity index (χ3v) is 27.4. The second-order valence-corrected chi connectivity index (χ2v) is 37.0. The van der Waals surface area contributed by atoms with Crippen molar-refractivity contribution in [2.45, 2.75) is 174 Å². The SMILES string of the molecule is CCC1(CC)OC(CC)(CC)c2cc(-c3ccc(N(c4ccc(Br)cc4)c4ccc(Br)cc4)c(C)c3)ccc21.Cc1cc(-c2ccc3c(c2)C(C)(C)OC32CCCC2)ccc1N(c1ccc(Br)cc1)c1ccc(Br)cc1.Cc1cc(-c2ccc3c(c2)C2(C)CCC3(C)O2)ccc1N(c1ccc(Br)cc1)c1ccc(Br)cc1. The summed E-state index contributed by atoms with van der Waals surface area (Å²) >= 11 is 21.5. The van der Waals surface area contributed by atoms with Gasteiger partial charge in [0, 0.05) is 78.0 Å². The van der Waals surface area contributed by atoms with Gasteiger partial charge in [0.2, 0.25) is 0 Å². The molecule has 2 fully saturated rings. The summed E-state index contributed by atoms with van der Waals surface area (Å²) in [5.41, 5.74) is 28.6. The molecule has 4 aliphatic heterocycles. The maximum atomic E-state index is 6.97.